The van der Waals surface area contributed by atoms with Gasteiger partial charge in [0.15, 0.2) is 0 Å². The molecule has 6 nitrogen and oxygen atoms in total. The Balaban J connectivity index is 1.47. The van der Waals surface area contributed by atoms with Gasteiger partial charge in [0, 0.05) is 30.5 Å². The number of methoxy groups -OCH3 is 1. The molecule has 0 amide bonds. The van der Waals surface area contributed by atoms with Crippen molar-refractivity contribution in [1.82, 2.24) is 14.9 Å². The Morgan fingerprint density at radius 2 is 1.90 bits per heavy atom. The van der Waals surface area contributed by atoms with Crippen LogP contribution in [0.5, 0.6) is 5.75 Å². The van der Waals surface area contributed by atoms with Gasteiger partial charge in [0.05, 0.1) is 7.11 Å². The Hall–Kier alpha value is -2.34. The molecule has 1 aromatic heterocycles. The number of anilines is 3. The quantitative estimate of drug-likeness (QED) is 0.717. The summed E-state index contributed by atoms with van der Waals surface area (Å²) < 4.78 is 5.68. The molecule has 2 aromatic rings. The number of aryl methyl sites for hydroxylation is 1. The van der Waals surface area contributed by atoms with Crippen LogP contribution in [-0.2, 0) is 0 Å². The number of rotatable bonds is 7. The van der Waals surface area contributed by atoms with Crippen molar-refractivity contribution in [3.05, 3.63) is 35.5 Å². The van der Waals surface area contributed by atoms with E-state index in [9.17, 15) is 0 Å². The zero-order valence-electron chi connectivity index (χ0n) is 18.0. The number of nitrogens with zero attached hydrogens (tertiary/aromatic N) is 3. The predicted octanol–water partition coefficient (Wildman–Crippen LogP) is 4.56. The molecule has 0 spiro atoms. The second-order valence-electron chi connectivity index (χ2n) is 8.46. The average molecular weight is 396 g/mol. The monoisotopic (exact) mass is 395 g/mol. The third-order valence-corrected chi connectivity index (χ3v) is 6.61. The van der Waals surface area contributed by atoms with Crippen LogP contribution < -0.4 is 15.4 Å². The zero-order valence-corrected chi connectivity index (χ0v) is 18.0. The summed E-state index contributed by atoms with van der Waals surface area (Å²) in [5, 5.41) is 6.45. The van der Waals surface area contributed by atoms with Crippen LogP contribution in [0.1, 0.15) is 49.8 Å². The topological polar surface area (TPSA) is 62.3 Å². The maximum atomic E-state index is 5.68. The second kappa shape index (κ2) is 8.57. The molecule has 1 atom stereocenters. The Morgan fingerprint density at radius 3 is 2.59 bits per heavy atom. The Labute approximate surface area is 174 Å². The van der Waals surface area contributed by atoms with E-state index in [1.54, 1.807) is 7.11 Å². The first-order chi connectivity index (χ1) is 14.1. The highest BCUT2D eigenvalue weighted by molar-refractivity contribution is 5.59. The minimum absolute atomic E-state index is 0.563. The summed E-state index contributed by atoms with van der Waals surface area (Å²) in [5.74, 6) is 3.76. The van der Waals surface area contributed by atoms with E-state index in [1.807, 2.05) is 26.1 Å². The molecular weight excluding hydrogens is 362 g/mol. The first-order valence-corrected chi connectivity index (χ1v) is 10.8. The van der Waals surface area contributed by atoms with Crippen molar-refractivity contribution >= 4 is 17.5 Å². The normalized spacial score (nSPS) is 22.8. The van der Waals surface area contributed by atoms with Gasteiger partial charge in [-0.1, -0.05) is 0 Å². The van der Waals surface area contributed by atoms with E-state index in [-0.39, 0.29) is 0 Å². The molecule has 29 heavy (non-hydrogen) atoms. The molecule has 6 heteroatoms. The summed E-state index contributed by atoms with van der Waals surface area (Å²) in [6.45, 7) is 6.94. The fourth-order valence-electron chi connectivity index (χ4n) is 4.77. The molecular formula is C23H33N5O. The minimum Gasteiger partial charge on any atom is -0.496 e. The lowest BCUT2D eigenvalue weighted by Gasteiger charge is -2.43. The predicted molar refractivity (Wildman–Crippen MR) is 118 cm³/mol. The van der Waals surface area contributed by atoms with Gasteiger partial charge >= 0.3 is 0 Å². The van der Waals surface area contributed by atoms with Crippen molar-refractivity contribution in [3.63, 3.8) is 0 Å². The number of hydrogen-bond acceptors (Lipinski definition) is 6. The summed E-state index contributed by atoms with van der Waals surface area (Å²) in [7, 11) is 3.63. The lowest BCUT2D eigenvalue weighted by molar-refractivity contribution is 0.112. The van der Waals surface area contributed by atoms with Crippen molar-refractivity contribution in [3.8, 4) is 5.75 Å². The van der Waals surface area contributed by atoms with E-state index in [0.717, 1.165) is 28.9 Å². The SMILES string of the molecule is CNc1cc(C)nc(Nc2ccc(OC)c([C@H]3C[C@@H]([C@@H](C)N4CCCC4)C3)c2)n1. The maximum Gasteiger partial charge on any atom is 0.229 e. The number of hydrogen-bond donors (Lipinski definition) is 2. The standard InChI is InChI=1S/C23H33N5O/c1-15-11-22(24-3)27-23(25-15)26-19-7-8-21(29-4)20(14-19)18-12-17(13-18)16(2)28-9-5-6-10-28/h7-8,11,14,16-18H,5-6,9-10,12-13H2,1-4H3,(H2,24,25,26,27)/t16-,17-,18+/m1/s1. The van der Waals surface area contributed by atoms with Gasteiger partial charge in [0.2, 0.25) is 5.95 Å². The van der Waals surface area contributed by atoms with E-state index < -0.39 is 0 Å². The highest BCUT2D eigenvalue weighted by atomic mass is 16.5. The molecule has 0 bridgehead atoms. The van der Waals surface area contributed by atoms with Crippen molar-refractivity contribution in [2.75, 3.05) is 37.9 Å². The summed E-state index contributed by atoms with van der Waals surface area (Å²) in [4.78, 5) is 11.7. The van der Waals surface area contributed by atoms with Crippen molar-refractivity contribution in [2.24, 2.45) is 5.92 Å². The van der Waals surface area contributed by atoms with Crippen LogP contribution in [0.3, 0.4) is 0 Å². The van der Waals surface area contributed by atoms with Crippen molar-refractivity contribution in [1.29, 1.82) is 0 Å². The van der Waals surface area contributed by atoms with Crippen LogP contribution in [0, 0.1) is 12.8 Å². The molecule has 0 unspecified atom stereocenters. The fraction of sp³-hybridized carbons (Fsp3) is 0.565. The summed E-state index contributed by atoms with van der Waals surface area (Å²) in [6.07, 6.45) is 5.20. The first kappa shape index (κ1) is 20.0. The Kier molecular flexibility index (Phi) is 5.90. The number of ether oxygens (including phenoxy) is 1. The molecule has 1 saturated heterocycles. The molecule has 1 aliphatic heterocycles. The number of aromatic nitrogens is 2. The van der Waals surface area contributed by atoms with E-state index in [2.05, 4.69) is 44.6 Å². The zero-order chi connectivity index (χ0) is 20.4. The summed E-state index contributed by atoms with van der Waals surface area (Å²) >= 11 is 0. The largest absolute Gasteiger partial charge is 0.496 e. The number of likely N-dealkylation sites (tertiary alicyclic amines) is 1. The van der Waals surface area contributed by atoms with Gasteiger partial charge in [-0.2, -0.15) is 4.98 Å². The van der Waals surface area contributed by atoms with Gasteiger partial charge in [0.1, 0.15) is 11.6 Å². The summed E-state index contributed by atoms with van der Waals surface area (Å²) in [6, 6.07) is 8.94. The molecule has 2 aliphatic rings. The van der Waals surface area contributed by atoms with Gasteiger partial charge in [-0.15, -0.1) is 0 Å². The third-order valence-electron chi connectivity index (χ3n) is 6.61. The van der Waals surface area contributed by atoms with Crippen LogP contribution >= 0.6 is 0 Å². The molecule has 2 heterocycles. The van der Waals surface area contributed by atoms with Crippen LogP contribution in [0.15, 0.2) is 24.3 Å². The van der Waals surface area contributed by atoms with E-state index in [1.165, 1.54) is 44.3 Å². The van der Waals surface area contributed by atoms with Crippen LogP contribution in [-0.4, -0.2) is 48.2 Å². The molecule has 1 saturated carbocycles. The number of benzene rings is 1. The van der Waals surface area contributed by atoms with E-state index in [4.69, 9.17) is 4.74 Å². The second-order valence-corrected chi connectivity index (χ2v) is 8.46. The van der Waals surface area contributed by atoms with Gasteiger partial charge in [-0.25, -0.2) is 4.98 Å². The molecule has 0 radical (unpaired) electrons. The molecule has 156 valence electrons. The Bertz CT molecular complexity index is 843. The lowest BCUT2D eigenvalue weighted by atomic mass is 9.68. The molecule has 4 rings (SSSR count). The van der Waals surface area contributed by atoms with Crippen LogP contribution in [0.25, 0.3) is 0 Å². The van der Waals surface area contributed by atoms with Gasteiger partial charge in [-0.05, 0) is 88.2 Å². The minimum atomic E-state index is 0.563. The molecule has 1 aromatic carbocycles. The average Bonchev–Trinajstić information content (AvgIpc) is 3.21. The summed E-state index contributed by atoms with van der Waals surface area (Å²) in [5.41, 5.74) is 3.23. The first-order valence-electron chi connectivity index (χ1n) is 10.8. The smallest absolute Gasteiger partial charge is 0.229 e. The van der Waals surface area contributed by atoms with Crippen molar-refractivity contribution < 1.29 is 4.74 Å². The maximum absolute atomic E-state index is 5.68. The Morgan fingerprint density at radius 1 is 1.14 bits per heavy atom. The lowest BCUT2D eigenvalue weighted by Crippen LogP contribution is -2.41. The van der Waals surface area contributed by atoms with Gasteiger partial charge in [-0.3, -0.25) is 0 Å². The van der Waals surface area contributed by atoms with Crippen molar-refractivity contribution in [2.45, 2.75) is 51.5 Å². The van der Waals surface area contributed by atoms with Gasteiger partial charge < -0.3 is 20.3 Å². The van der Waals surface area contributed by atoms with Crippen LogP contribution in [0.4, 0.5) is 17.5 Å². The van der Waals surface area contributed by atoms with E-state index in [0.29, 0.717) is 17.9 Å². The van der Waals surface area contributed by atoms with Gasteiger partial charge in [0.25, 0.3) is 0 Å². The molecule has 2 N–H and O–H groups in total. The third kappa shape index (κ3) is 4.32. The molecule has 1 aliphatic carbocycles. The number of nitrogens with one attached hydrogen (secondary N) is 2. The molecule has 2 fully saturated rings. The highest BCUT2D eigenvalue weighted by Gasteiger charge is 2.38. The van der Waals surface area contributed by atoms with E-state index >= 15 is 0 Å². The fourth-order valence-corrected chi connectivity index (χ4v) is 4.77. The van der Waals surface area contributed by atoms with Crippen LogP contribution in [0.2, 0.25) is 0 Å². The highest BCUT2D eigenvalue weighted by Crippen LogP contribution is 2.48.